The molecule has 355 valence electrons. The Hall–Kier alpha value is -6.56. The molecular weight excluding hydrogens is 892 g/mol. The summed E-state index contributed by atoms with van der Waals surface area (Å²) < 4.78 is 12.7. The molecule has 4 heterocycles. The van der Waals surface area contributed by atoms with Gasteiger partial charge in [-0.1, -0.05) is 155 Å². The van der Waals surface area contributed by atoms with Crippen LogP contribution in [0.25, 0.3) is 91.9 Å². The highest BCUT2D eigenvalue weighted by molar-refractivity contribution is 7.25. The number of anilines is 2. The molecule has 0 bridgehead atoms. The zero-order valence-corrected chi connectivity index (χ0v) is 44.7. The van der Waals surface area contributed by atoms with Crippen LogP contribution in [0, 0.1) is 0 Å². The number of fused-ring (bicyclic) bond motifs is 16. The predicted molar refractivity (Wildman–Crippen MR) is 311 cm³/mol. The molecule has 0 saturated heterocycles. The van der Waals surface area contributed by atoms with Gasteiger partial charge >= 0.3 is 0 Å². The van der Waals surface area contributed by atoms with Crippen LogP contribution < -0.4 is 16.2 Å². The van der Waals surface area contributed by atoms with Gasteiger partial charge in [0.1, 0.15) is 11.2 Å². The zero-order valence-electron chi connectivity index (χ0n) is 43.9. The molecule has 3 nitrogen and oxygen atoms in total. The van der Waals surface area contributed by atoms with Crippen molar-refractivity contribution in [2.45, 2.75) is 123 Å². The van der Waals surface area contributed by atoms with E-state index in [0.29, 0.717) is 0 Å². The van der Waals surface area contributed by atoms with Gasteiger partial charge in [0.2, 0.25) is 0 Å². The number of rotatable bonds is 3. The molecule has 1 aliphatic heterocycles. The number of nitrogens with one attached hydrogen (secondary N) is 1. The van der Waals surface area contributed by atoms with Gasteiger partial charge in [0.25, 0.3) is 0 Å². The molecule has 11 aromatic rings. The summed E-state index contributed by atoms with van der Waals surface area (Å²) in [5.41, 5.74) is 23.4. The fourth-order valence-electron chi connectivity index (χ4n) is 13.2. The smallest absolute Gasteiger partial charge is 0.198 e. The third kappa shape index (κ3) is 6.10. The van der Waals surface area contributed by atoms with Crippen molar-refractivity contribution >= 4 is 105 Å². The van der Waals surface area contributed by atoms with Gasteiger partial charge in [0, 0.05) is 75.5 Å². The number of nitrogens with zero attached hydrogens (tertiary/aromatic N) is 1. The van der Waals surface area contributed by atoms with Crippen LogP contribution in [0.4, 0.5) is 11.4 Å². The molecule has 72 heavy (non-hydrogen) atoms. The molecule has 5 heteroatoms. The molecule has 3 aromatic heterocycles. The summed E-state index contributed by atoms with van der Waals surface area (Å²) in [4.78, 5) is 0. The lowest BCUT2D eigenvalue weighted by molar-refractivity contribution is 0.331. The molecule has 1 N–H and O–H groups in total. The number of aromatic nitrogens is 1. The van der Waals surface area contributed by atoms with E-state index in [4.69, 9.17) is 4.42 Å². The van der Waals surface area contributed by atoms with Crippen molar-refractivity contribution in [3.05, 3.63) is 161 Å². The van der Waals surface area contributed by atoms with Crippen molar-refractivity contribution in [1.82, 2.24) is 4.57 Å². The molecule has 0 unspecified atom stereocenters. The summed E-state index contributed by atoms with van der Waals surface area (Å²) in [6.07, 6.45) is 2.36. The van der Waals surface area contributed by atoms with E-state index in [9.17, 15) is 0 Å². The van der Waals surface area contributed by atoms with E-state index in [0.717, 1.165) is 39.1 Å². The summed E-state index contributed by atoms with van der Waals surface area (Å²) in [5.74, 6) is 0. The van der Waals surface area contributed by atoms with Crippen LogP contribution in [0.5, 0.6) is 0 Å². The first-order chi connectivity index (χ1) is 34.2. The maximum atomic E-state index is 7.43. The largest absolute Gasteiger partial charge is 0.455 e. The van der Waals surface area contributed by atoms with Gasteiger partial charge in [-0.05, 0) is 151 Å². The Morgan fingerprint density at radius 2 is 1.22 bits per heavy atom. The molecule has 1 radical (unpaired) electrons. The van der Waals surface area contributed by atoms with Gasteiger partial charge < -0.3 is 14.3 Å². The summed E-state index contributed by atoms with van der Waals surface area (Å²) in [6, 6.07) is 49.2. The number of furan rings is 1. The standard InChI is InChI=1S/C67H62BN2OS/c1-63(2,3)36-21-24-38(25-22-36)69-51-34-47-41(42-31-48-49(33-46(42)67(47,11)12)66(9,10)28-27-65(48,7)8)30-44(51)59-60-61-57(58-40-18-13-15-19-54(40)71-62(58)59)45-29-37(64(4,5)6)23-26-52(45)70(61)53-35-56-43(32-50(53)68-60)39-17-14-16-20-55(39)72-56/h13-26,29-35,69H,27-28H2,1-12H3. The number of thiophene rings is 1. The summed E-state index contributed by atoms with van der Waals surface area (Å²) >= 11 is 1.89. The van der Waals surface area contributed by atoms with E-state index >= 15 is 0 Å². The van der Waals surface area contributed by atoms with Crippen molar-refractivity contribution in [2.24, 2.45) is 0 Å². The van der Waals surface area contributed by atoms with E-state index in [1.54, 1.807) is 0 Å². The van der Waals surface area contributed by atoms with Crippen molar-refractivity contribution in [2.75, 3.05) is 5.32 Å². The minimum absolute atomic E-state index is 0.0409. The topological polar surface area (TPSA) is 30.1 Å². The fourth-order valence-corrected chi connectivity index (χ4v) is 14.4. The minimum Gasteiger partial charge on any atom is -0.455 e. The average Bonchev–Trinajstić information content (AvgIpc) is 4.06. The predicted octanol–water partition coefficient (Wildman–Crippen LogP) is 17.7. The van der Waals surface area contributed by atoms with Crippen LogP contribution in [0.2, 0.25) is 0 Å². The van der Waals surface area contributed by atoms with Crippen LogP contribution in [0.1, 0.15) is 129 Å². The number of para-hydroxylation sites is 1. The first kappa shape index (κ1) is 44.2. The fraction of sp³-hybridized carbons (Fsp3) is 0.284. The highest BCUT2D eigenvalue weighted by Gasteiger charge is 2.44. The van der Waals surface area contributed by atoms with Crippen molar-refractivity contribution in [1.29, 1.82) is 0 Å². The maximum absolute atomic E-state index is 7.43. The first-order valence-electron chi connectivity index (χ1n) is 26.2. The SMILES string of the molecule is CC(C)(C)c1ccc(Nc2cc3c(cc2-c2c4c5c(c6cc(C(C)(C)C)ccc6n5-c5cc6sc7ccccc7c6cc5[B]4)c4c2oc2ccccc24)-c2cc4c(cc2C3(C)C)C(C)(C)CCC4(C)C)cc1. The molecule has 2 aliphatic carbocycles. The number of benzene rings is 8. The zero-order chi connectivity index (χ0) is 49.8. The molecule has 0 fully saturated rings. The Labute approximate surface area is 428 Å². The lowest BCUT2D eigenvalue weighted by Gasteiger charge is -2.42. The summed E-state index contributed by atoms with van der Waals surface area (Å²) in [7, 11) is 2.50. The first-order valence-corrected chi connectivity index (χ1v) is 27.0. The van der Waals surface area contributed by atoms with Crippen molar-refractivity contribution in [3.8, 4) is 27.9 Å². The third-order valence-corrected chi connectivity index (χ3v) is 18.7. The molecular formula is C67H62BN2OS. The van der Waals surface area contributed by atoms with Crippen LogP contribution in [-0.4, -0.2) is 11.8 Å². The minimum atomic E-state index is -0.230. The van der Waals surface area contributed by atoms with Gasteiger partial charge in [0.05, 0.1) is 5.52 Å². The number of hydrogen-bond donors (Lipinski definition) is 1. The summed E-state index contributed by atoms with van der Waals surface area (Å²) in [6.45, 7) is 28.6. The number of hydrogen-bond acceptors (Lipinski definition) is 3. The Bertz CT molecular complexity index is 4190. The van der Waals surface area contributed by atoms with Gasteiger partial charge in [-0.25, -0.2) is 0 Å². The van der Waals surface area contributed by atoms with Crippen molar-refractivity contribution < 1.29 is 4.42 Å². The second kappa shape index (κ2) is 14.4. The molecule has 0 atom stereocenters. The normalized spacial score (nSPS) is 16.4. The quantitative estimate of drug-likeness (QED) is 0.179. The van der Waals surface area contributed by atoms with Gasteiger partial charge in [-0.3, -0.25) is 0 Å². The molecule has 0 amide bonds. The van der Waals surface area contributed by atoms with Crippen LogP contribution in [-0.2, 0) is 27.1 Å². The molecule has 8 aromatic carbocycles. The average molecular weight is 954 g/mol. The lowest BCUT2D eigenvalue weighted by Crippen LogP contribution is -2.37. The van der Waals surface area contributed by atoms with Crippen LogP contribution in [0.15, 0.2) is 132 Å². The molecule has 0 spiro atoms. The second-order valence-corrected chi connectivity index (χ2v) is 26.6. The highest BCUT2D eigenvalue weighted by Crippen LogP contribution is 2.57. The van der Waals surface area contributed by atoms with E-state index in [1.165, 1.54) is 121 Å². The van der Waals surface area contributed by atoms with E-state index in [1.807, 2.05) is 11.3 Å². The lowest BCUT2D eigenvalue weighted by atomic mass is 9.58. The van der Waals surface area contributed by atoms with Crippen LogP contribution in [0.3, 0.4) is 0 Å². The van der Waals surface area contributed by atoms with E-state index < -0.39 is 0 Å². The Balaban J connectivity index is 1.14. The van der Waals surface area contributed by atoms with E-state index in [2.05, 4.69) is 228 Å². The van der Waals surface area contributed by atoms with Crippen molar-refractivity contribution in [3.63, 3.8) is 0 Å². The van der Waals surface area contributed by atoms with Gasteiger partial charge in [-0.15, -0.1) is 11.3 Å². The molecule has 3 aliphatic rings. The summed E-state index contributed by atoms with van der Waals surface area (Å²) in [5, 5.41) is 11.5. The van der Waals surface area contributed by atoms with E-state index in [-0.39, 0.29) is 27.1 Å². The highest BCUT2D eigenvalue weighted by atomic mass is 32.1. The Morgan fingerprint density at radius 3 is 1.96 bits per heavy atom. The third-order valence-electron chi connectivity index (χ3n) is 17.6. The van der Waals surface area contributed by atoms with Gasteiger partial charge in [0.15, 0.2) is 7.28 Å². The maximum Gasteiger partial charge on any atom is 0.198 e. The Kier molecular flexibility index (Phi) is 8.80. The second-order valence-electron chi connectivity index (χ2n) is 25.5. The monoisotopic (exact) mass is 953 g/mol. The molecule has 14 rings (SSSR count). The van der Waals surface area contributed by atoms with Gasteiger partial charge in [-0.2, -0.15) is 0 Å². The Morgan fingerprint density at radius 1 is 0.569 bits per heavy atom. The molecule has 0 saturated carbocycles. The van der Waals surface area contributed by atoms with Crippen LogP contribution >= 0.6 is 11.3 Å².